The van der Waals surface area contributed by atoms with Gasteiger partial charge in [0, 0.05) is 24.0 Å². The van der Waals surface area contributed by atoms with E-state index in [4.69, 9.17) is 9.84 Å². The number of carbonyl (C=O) groups is 2. The minimum Gasteiger partial charge on any atom is -0.508 e. The quantitative estimate of drug-likeness (QED) is 0.233. The largest absolute Gasteiger partial charge is 0.508 e. The number of aryl methyl sites for hydroxylation is 1. The highest BCUT2D eigenvalue weighted by Gasteiger charge is 2.11. The molecule has 4 rings (SSSR count). The number of hydrogen-bond acceptors (Lipinski definition) is 4. The van der Waals surface area contributed by atoms with E-state index < -0.39 is 0 Å². The Morgan fingerprint density at radius 1 is 1.03 bits per heavy atom. The van der Waals surface area contributed by atoms with Gasteiger partial charge in [-0.05, 0) is 54.4 Å². The van der Waals surface area contributed by atoms with Crippen molar-refractivity contribution in [3.63, 3.8) is 0 Å². The zero-order valence-corrected chi connectivity index (χ0v) is 19.8. The average molecular weight is 480 g/mol. The topological polar surface area (TPSA) is 103 Å². The van der Waals surface area contributed by atoms with Gasteiger partial charge in [-0.2, -0.15) is 0 Å². The number of carbonyl (C=O) groups excluding carboxylic acids is 2. The van der Waals surface area contributed by atoms with E-state index in [1.165, 1.54) is 29.8 Å². The highest BCUT2D eigenvalue weighted by atomic mass is 19.1. The summed E-state index contributed by atoms with van der Waals surface area (Å²) < 4.78 is 17.2. The van der Waals surface area contributed by atoms with Gasteiger partial charge < -0.3 is 25.5 Å². The van der Waals surface area contributed by atoms with E-state index in [9.17, 15) is 14.0 Å². The number of hydrogen-bond donors (Lipinski definition) is 4. The van der Waals surface area contributed by atoms with Crippen molar-refractivity contribution in [2.75, 3.05) is 20.2 Å². The lowest BCUT2D eigenvalue weighted by Gasteiger charge is -2.02. The van der Waals surface area contributed by atoms with Gasteiger partial charge in [0.15, 0.2) is 0 Å². The first-order valence-corrected chi connectivity index (χ1v) is 11.1. The number of aromatic amines is 1. The van der Waals surface area contributed by atoms with E-state index >= 15 is 0 Å². The van der Waals surface area contributed by atoms with Crippen LogP contribution in [-0.4, -0.2) is 42.6 Å². The third-order valence-electron chi connectivity index (χ3n) is 4.80. The zero-order chi connectivity index (χ0) is 25.5. The molecule has 0 aliphatic carbocycles. The molecule has 0 unspecified atom stereocenters. The van der Waals surface area contributed by atoms with Crippen LogP contribution in [0, 0.1) is 5.82 Å². The van der Waals surface area contributed by atoms with Crippen LogP contribution in [-0.2, 0) is 11.2 Å². The lowest BCUT2D eigenvalue weighted by atomic mass is 10.2. The lowest BCUT2D eigenvalue weighted by molar-refractivity contribution is -0.109. The predicted molar refractivity (Wildman–Crippen MR) is 135 cm³/mol. The first-order chi connectivity index (χ1) is 17.0. The molecular formula is C27H30FN3O4. The minimum absolute atomic E-state index is 0.0893. The number of fused-ring (bicyclic) bond motifs is 1. The van der Waals surface area contributed by atoms with Crippen molar-refractivity contribution < 1.29 is 23.8 Å². The molecule has 0 saturated carbocycles. The van der Waals surface area contributed by atoms with E-state index in [-0.39, 0.29) is 17.5 Å². The lowest BCUT2D eigenvalue weighted by Crippen LogP contribution is -2.31. The Kier molecular flexibility index (Phi) is 11.3. The number of methoxy groups -OCH3 is 1. The van der Waals surface area contributed by atoms with Crippen molar-refractivity contribution in [3.8, 4) is 11.5 Å². The monoisotopic (exact) mass is 479 g/mol. The first-order valence-electron chi connectivity index (χ1n) is 11.1. The Labute approximate surface area is 203 Å². The molecule has 0 aliphatic rings. The van der Waals surface area contributed by atoms with Crippen LogP contribution in [0.5, 0.6) is 11.5 Å². The van der Waals surface area contributed by atoms with Crippen LogP contribution in [0.2, 0.25) is 0 Å². The van der Waals surface area contributed by atoms with Crippen molar-refractivity contribution in [3.05, 3.63) is 95.9 Å². The number of rotatable bonds is 7. The molecule has 0 radical (unpaired) electrons. The number of amides is 2. The summed E-state index contributed by atoms with van der Waals surface area (Å²) in [4.78, 5) is 25.0. The molecule has 0 atom stereocenters. The molecule has 4 N–H and O–H groups in total. The van der Waals surface area contributed by atoms with Gasteiger partial charge in [-0.25, -0.2) is 4.39 Å². The van der Waals surface area contributed by atoms with Crippen LogP contribution in [0.3, 0.4) is 0 Å². The number of aromatic nitrogens is 1. The normalized spacial score (nSPS) is 9.69. The Morgan fingerprint density at radius 2 is 1.74 bits per heavy atom. The predicted octanol–water partition coefficient (Wildman–Crippen LogP) is 4.43. The average Bonchev–Trinajstić information content (AvgIpc) is 3.34. The summed E-state index contributed by atoms with van der Waals surface area (Å²) in [5.74, 6) is 0.260. The second-order valence-corrected chi connectivity index (χ2v) is 7.25. The third kappa shape index (κ3) is 9.21. The van der Waals surface area contributed by atoms with E-state index in [2.05, 4.69) is 46.8 Å². The third-order valence-corrected chi connectivity index (χ3v) is 4.80. The molecule has 1 heterocycles. The summed E-state index contributed by atoms with van der Waals surface area (Å²) in [5, 5.41) is 14.6. The second-order valence-electron chi connectivity index (χ2n) is 7.25. The summed E-state index contributed by atoms with van der Waals surface area (Å²) in [6.07, 6.45) is 1.74. The van der Waals surface area contributed by atoms with Gasteiger partial charge in [-0.1, -0.05) is 43.3 Å². The summed E-state index contributed by atoms with van der Waals surface area (Å²) in [7, 11) is 1.59. The van der Waals surface area contributed by atoms with E-state index in [0.717, 1.165) is 23.1 Å². The molecule has 7 nitrogen and oxygen atoms in total. The summed E-state index contributed by atoms with van der Waals surface area (Å²) in [6, 6.07) is 22.8. The smallest absolute Gasteiger partial charge is 0.267 e. The molecular weight excluding hydrogens is 449 g/mol. The van der Waals surface area contributed by atoms with E-state index in [1.807, 2.05) is 24.3 Å². The van der Waals surface area contributed by atoms with E-state index in [0.29, 0.717) is 25.2 Å². The number of ether oxygens (including phenoxy) is 1. The highest BCUT2D eigenvalue weighted by molar-refractivity contribution is 5.99. The van der Waals surface area contributed by atoms with Crippen LogP contribution in [0.1, 0.15) is 23.0 Å². The standard InChI is InChI=1S/C13H15N3O3.C8H10.C6H5FO/c1-19-12-4-2-3-10-9(12)7-11(16-10)13(18)15-6-5-14-8-17;1-2-8-6-4-3-5-7-8;7-5-1-3-6(8)4-2-5/h2-4,7-8,16H,5-6H2,1H3,(H,14,17)(H,15,18);3-7H,2H2,1H3;1-4,8H. The molecule has 2 amide bonds. The molecule has 0 saturated heterocycles. The zero-order valence-electron chi connectivity index (χ0n) is 19.8. The molecule has 0 spiro atoms. The molecule has 1 aromatic heterocycles. The number of halogens is 1. The maximum absolute atomic E-state index is 12.0. The Hall–Kier alpha value is -4.33. The van der Waals surface area contributed by atoms with E-state index in [1.54, 1.807) is 13.2 Å². The fourth-order valence-electron chi connectivity index (χ4n) is 2.98. The SMILES string of the molecule is CCc1ccccc1.COc1cccc2[nH]c(C(=O)NCCNC=O)cc12.Oc1ccc(F)cc1. The maximum Gasteiger partial charge on any atom is 0.267 e. The van der Waals surface area contributed by atoms with Gasteiger partial charge in [-0.3, -0.25) is 9.59 Å². The molecule has 8 heteroatoms. The van der Waals surface area contributed by atoms with Crippen molar-refractivity contribution >= 4 is 23.2 Å². The molecule has 0 bridgehead atoms. The van der Waals surface area contributed by atoms with Crippen LogP contribution in [0.15, 0.2) is 78.9 Å². The molecule has 4 aromatic rings. The number of H-pyrrole nitrogens is 1. The number of nitrogens with one attached hydrogen (secondary N) is 3. The molecule has 3 aromatic carbocycles. The molecule has 184 valence electrons. The van der Waals surface area contributed by atoms with Gasteiger partial charge in [0.1, 0.15) is 23.0 Å². The number of phenols is 1. The second kappa shape index (κ2) is 14.7. The fourth-order valence-corrected chi connectivity index (χ4v) is 2.98. The van der Waals surface area contributed by atoms with Gasteiger partial charge >= 0.3 is 0 Å². The van der Waals surface area contributed by atoms with Gasteiger partial charge in [0.2, 0.25) is 6.41 Å². The highest BCUT2D eigenvalue weighted by Crippen LogP contribution is 2.25. The van der Waals surface area contributed by atoms with Crippen molar-refractivity contribution in [2.45, 2.75) is 13.3 Å². The number of phenolic OH excluding ortho intramolecular Hbond substituents is 1. The summed E-state index contributed by atoms with van der Waals surface area (Å²) >= 11 is 0. The Bertz CT molecular complexity index is 1160. The van der Waals surface area contributed by atoms with Gasteiger partial charge in [0.05, 0.1) is 7.11 Å². The maximum atomic E-state index is 12.0. The Morgan fingerprint density at radius 3 is 2.31 bits per heavy atom. The van der Waals surface area contributed by atoms with Crippen molar-refractivity contribution in [1.29, 1.82) is 0 Å². The molecule has 0 fully saturated rings. The van der Waals surface area contributed by atoms with Crippen LogP contribution >= 0.6 is 0 Å². The van der Waals surface area contributed by atoms with Crippen LogP contribution < -0.4 is 15.4 Å². The van der Waals surface area contributed by atoms with Crippen molar-refractivity contribution in [2.24, 2.45) is 0 Å². The van der Waals surface area contributed by atoms with Crippen molar-refractivity contribution in [1.82, 2.24) is 15.6 Å². The van der Waals surface area contributed by atoms with Crippen LogP contribution in [0.4, 0.5) is 4.39 Å². The summed E-state index contributed by atoms with van der Waals surface area (Å²) in [5.41, 5.74) is 2.72. The number of benzene rings is 3. The number of aromatic hydroxyl groups is 1. The first kappa shape index (κ1) is 26.9. The fraction of sp³-hybridized carbons (Fsp3) is 0.185. The Balaban J connectivity index is 0.000000221. The summed E-state index contributed by atoms with van der Waals surface area (Å²) in [6.45, 7) is 2.94. The molecule has 0 aliphatic heterocycles. The van der Waals surface area contributed by atoms with Crippen LogP contribution in [0.25, 0.3) is 10.9 Å². The molecule has 35 heavy (non-hydrogen) atoms. The van der Waals surface area contributed by atoms with Gasteiger partial charge in [0.25, 0.3) is 5.91 Å². The van der Waals surface area contributed by atoms with Gasteiger partial charge in [-0.15, -0.1) is 0 Å². The minimum atomic E-state index is -0.331.